The summed E-state index contributed by atoms with van der Waals surface area (Å²) in [5.74, 6) is -4.81. The highest BCUT2D eigenvalue weighted by Crippen LogP contribution is 2.19. The summed E-state index contributed by atoms with van der Waals surface area (Å²) in [5, 5.41) is 26.7. The molecule has 40 heavy (non-hydrogen) atoms. The van der Waals surface area contributed by atoms with E-state index in [-0.39, 0.29) is 25.0 Å². The van der Waals surface area contributed by atoms with Gasteiger partial charge in [0, 0.05) is 54.0 Å². The quantitative estimate of drug-likeness (QED) is 0.105. The standard InChI is InChI=1S/C25H31N7O7S/c26-16(11-40)22(35)31-19(7-13-9-28-17-4-2-1-3-15(13)17)23(36)32-20(8-14-10-27-12-29-14)24(37)30-18(25(38)39)5-6-21(33)34/h1-4,9-10,12,16,18-20,28,40H,5-8,11,26H2,(H,27,29)(H,30,37)(H,31,35)(H,32,36)(H,33,34)(H,38,39). The van der Waals surface area contributed by atoms with Crippen LogP contribution in [0.1, 0.15) is 24.1 Å². The van der Waals surface area contributed by atoms with Crippen molar-refractivity contribution in [1.29, 1.82) is 0 Å². The number of amides is 3. The van der Waals surface area contributed by atoms with Gasteiger partial charge in [-0.25, -0.2) is 9.78 Å². The third kappa shape index (κ3) is 8.31. The summed E-state index contributed by atoms with van der Waals surface area (Å²) < 4.78 is 0. The topological polar surface area (TPSA) is 232 Å². The number of carbonyl (C=O) groups excluding carboxylic acids is 3. The number of nitrogens with one attached hydrogen (secondary N) is 5. The Balaban J connectivity index is 1.85. The molecule has 14 nitrogen and oxygen atoms in total. The fourth-order valence-corrected chi connectivity index (χ4v) is 4.15. The van der Waals surface area contributed by atoms with Gasteiger partial charge < -0.3 is 41.9 Å². The van der Waals surface area contributed by atoms with E-state index in [1.807, 2.05) is 24.3 Å². The third-order valence-corrected chi connectivity index (χ3v) is 6.53. The molecule has 4 atom stereocenters. The van der Waals surface area contributed by atoms with Crippen molar-refractivity contribution < 1.29 is 34.2 Å². The Hall–Kier alpha value is -4.37. The van der Waals surface area contributed by atoms with Crippen molar-refractivity contribution in [3.63, 3.8) is 0 Å². The summed E-state index contributed by atoms with van der Waals surface area (Å²) in [6.07, 6.45) is 3.63. The van der Waals surface area contributed by atoms with Crippen LogP contribution in [0.2, 0.25) is 0 Å². The van der Waals surface area contributed by atoms with Crippen LogP contribution in [0.25, 0.3) is 10.9 Å². The summed E-state index contributed by atoms with van der Waals surface area (Å²) in [4.78, 5) is 71.7. The molecule has 1 aromatic carbocycles. The van der Waals surface area contributed by atoms with Crippen molar-refractivity contribution >= 4 is 53.2 Å². The predicted octanol–water partition coefficient (Wildman–Crippen LogP) is -0.663. The Labute approximate surface area is 233 Å². The van der Waals surface area contributed by atoms with Gasteiger partial charge >= 0.3 is 11.9 Å². The molecular weight excluding hydrogens is 542 g/mol. The zero-order valence-electron chi connectivity index (χ0n) is 21.3. The molecule has 2 aromatic heterocycles. The maximum Gasteiger partial charge on any atom is 0.326 e. The number of imidazole rings is 1. The SMILES string of the molecule is NC(CS)C(=O)NC(Cc1c[nH]c2ccccc12)C(=O)NC(Cc1cnc[nH]1)C(=O)NC(CCC(=O)O)C(=O)O. The highest BCUT2D eigenvalue weighted by molar-refractivity contribution is 7.80. The molecule has 0 radical (unpaired) electrons. The molecule has 0 saturated heterocycles. The van der Waals surface area contributed by atoms with Crippen molar-refractivity contribution in [2.24, 2.45) is 5.73 Å². The molecule has 2 heterocycles. The number of thiol groups is 1. The highest BCUT2D eigenvalue weighted by atomic mass is 32.1. The molecule has 0 aliphatic carbocycles. The summed E-state index contributed by atoms with van der Waals surface area (Å²) in [6, 6.07) is 2.46. The zero-order valence-corrected chi connectivity index (χ0v) is 22.2. The van der Waals surface area contributed by atoms with E-state index in [0.29, 0.717) is 5.69 Å². The molecule has 15 heteroatoms. The Kier molecular flexibility index (Phi) is 10.7. The van der Waals surface area contributed by atoms with Gasteiger partial charge in [-0.1, -0.05) is 18.2 Å². The van der Waals surface area contributed by atoms with Gasteiger partial charge in [0.05, 0.1) is 12.4 Å². The van der Waals surface area contributed by atoms with Crippen LogP contribution in [0.4, 0.5) is 0 Å². The van der Waals surface area contributed by atoms with Gasteiger partial charge in [-0.2, -0.15) is 12.6 Å². The number of rotatable bonds is 15. The van der Waals surface area contributed by atoms with Crippen LogP contribution in [-0.2, 0) is 36.8 Å². The van der Waals surface area contributed by atoms with Gasteiger partial charge in [-0.3, -0.25) is 19.2 Å². The van der Waals surface area contributed by atoms with Crippen LogP contribution in [-0.4, -0.2) is 84.7 Å². The minimum Gasteiger partial charge on any atom is -0.481 e. The normalized spacial score (nSPS) is 14.1. The Bertz CT molecular complexity index is 1340. The number of hydrogen-bond acceptors (Lipinski definition) is 8. The number of fused-ring (bicyclic) bond motifs is 1. The Morgan fingerprint density at radius 3 is 2.20 bits per heavy atom. The molecule has 3 rings (SSSR count). The van der Waals surface area contributed by atoms with E-state index in [2.05, 4.69) is 43.5 Å². The predicted molar refractivity (Wildman–Crippen MR) is 146 cm³/mol. The van der Waals surface area contributed by atoms with Crippen LogP contribution < -0.4 is 21.7 Å². The van der Waals surface area contributed by atoms with Gasteiger partial charge in [0.2, 0.25) is 17.7 Å². The van der Waals surface area contributed by atoms with Crippen molar-refractivity contribution in [2.45, 2.75) is 49.9 Å². The van der Waals surface area contributed by atoms with Gasteiger partial charge in [-0.15, -0.1) is 0 Å². The van der Waals surface area contributed by atoms with Gasteiger partial charge in [-0.05, 0) is 18.1 Å². The maximum absolute atomic E-state index is 13.5. The second-order valence-corrected chi connectivity index (χ2v) is 9.45. The lowest BCUT2D eigenvalue weighted by Gasteiger charge is -2.25. The molecule has 0 aliphatic heterocycles. The molecule has 0 bridgehead atoms. The van der Waals surface area contributed by atoms with Crippen LogP contribution in [0.5, 0.6) is 0 Å². The average Bonchev–Trinajstić information content (AvgIpc) is 3.59. The number of nitrogens with two attached hydrogens (primary N) is 1. The number of benzene rings is 1. The number of hydrogen-bond donors (Lipinski definition) is 9. The monoisotopic (exact) mass is 573 g/mol. The molecule has 0 aliphatic rings. The van der Waals surface area contributed by atoms with Gasteiger partial charge in [0.25, 0.3) is 0 Å². The molecular formula is C25H31N7O7S. The zero-order chi connectivity index (χ0) is 29.2. The molecule has 214 valence electrons. The first-order valence-electron chi connectivity index (χ1n) is 12.3. The van der Waals surface area contributed by atoms with Gasteiger partial charge in [0.15, 0.2) is 0 Å². The molecule has 9 N–H and O–H groups in total. The smallest absolute Gasteiger partial charge is 0.326 e. The van der Waals surface area contributed by atoms with Crippen LogP contribution in [0.3, 0.4) is 0 Å². The summed E-state index contributed by atoms with van der Waals surface area (Å²) in [5.41, 5.74) is 7.82. The number of aromatic nitrogens is 3. The summed E-state index contributed by atoms with van der Waals surface area (Å²) in [7, 11) is 0. The van der Waals surface area contributed by atoms with E-state index in [1.165, 1.54) is 12.5 Å². The van der Waals surface area contributed by atoms with Crippen LogP contribution in [0.15, 0.2) is 43.0 Å². The van der Waals surface area contributed by atoms with Crippen molar-refractivity contribution in [3.05, 3.63) is 54.2 Å². The number of aromatic amines is 2. The summed E-state index contributed by atoms with van der Waals surface area (Å²) in [6.45, 7) is 0. The second-order valence-electron chi connectivity index (χ2n) is 9.09. The first-order chi connectivity index (χ1) is 19.1. The van der Waals surface area contributed by atoms with Crippen molar-refractivity contribution in [2.75, 3.05) is 5.75 Å². The van der Waals surface area contributed by atoms with Crippen molar-refractivity contribution in [1.82, 2.24) is 30.9 Å². The Morgan fingerprint density at radius 1 is 0.925 bits per heavy atom. The fraction of sp³-hybridized carbons (Fsp3) is 0.360. The third-order valence-electron chi connectivity index (χ3n) is 6.14. The number of carboxylic acid groups (broad SMARTS) is 2. The second kappa shape index (κ2) is 14.1. The minimum atomic E-state index is -1.50. The maximum atomic E-state index is 13.5. The van der Waals surface area contributed by atoms with E-state index >= 15 is 0 Å². The van der Waals surface area contributed by atoms with E-state index < -0.39 is 60.2 Å². The molecule has 0 fully saturated rings. The Morgan fingerprint density at radius 2 is 1.57 bits per heavy atom. The number of carboxylic acids is 2. The molecule has 0 spiro atoms. The lowest BCUT2D eigenvalue weighted by Crippen LogP contribution is -2.58. The number of nitrogens with zero attached hydrogens (tertiary/aromatic N) is 1. The lowest BCUT2D eigenvalue weighted by atomic mass is 10.0. The van der Waals surface area contributed by atoms with Crippen LogP contribution in [0, 0.1) is 0 Å². The number of carbonyl (C=O) groups is 5. The fourth-order valence-electron chi connectivity index (χ4n) is 3.99. The van der Waals surface area contributed by atoms with Crippen molar-refractivity contribution in [3.8, 4) is 0 Å². The number of para-hydroxylation sites is 1. The summed E-state index contributed by atoms with van der Waals surface area (Å²) >= 11 is 4.04. The number of H-pyrrole nitrogens is 2. The van der Waals surface area contributed by atoms with E-state index in [1.54, 1.807) is 6.20 Å². The van der Waals surface area contributed by atoms with E-state index in [4.69, 9.17) is 10.8 Å². The molecule has 0 saturated carbocycles. The van der Waals surface area contributed by atoms with E-state index in [0.717, 1.165) is 16.5 Å². The molecule has 4 unspecified atom stereocenters. The minimum absolute atomic E-state index is 0.0328. The molecule has 3 aromatic rings. The van der Waals surface area contributed by atoms with Crippen LogP contribution >= 0.6 is 12.6 Å². The first-order valence-corrected chi connectivity index (χ1v) is 13.0. The van der Waals surface area contributed by atoms with E-state index in [9.17, 15) is 29.1 Å². The van der Waals surface area contributed by atoms with Gasteiger partial charge in [0.1, 0.15) is 18.1 Å². The lowest BCUT2D eigenvalue weighted by molar-refractivity contribution is -0.143. The largest absolute Gasteiger partial charge is 0.481 e. The molecule has 3 amide bonds. The average molecular weight is 574 g/mol. The number of aliphatic carboxylic acids is 2. The highest BCUT2D eigenvalue weighted by Gasteiger charge is 2.31. The first kappa shape index (κ1) is 30.2.